The lowest BCUT2D eigenvalue weighted by molar-refractivity contribution is -0.122. The molecule has 13 nitrogen and oxygen atoms in total. The van der Waals surface area contributed by atoms with Gasteiger partial charge in [-0.2, -0.15) is 0 Å². The predicted molar refractivity (Wildman–Crippen MR) is 157 cm³/mol. The van der Waals surface area contributed by atoms with Gasteiger partial charge in [-0.1, -0.05) is 6.42 Å². The molecule has 0 aromatic heterocycles. The quantitative estimate of drug-likeness (QED) is 0.0902. The normalized spacial score (nSPS) is 11.0. The van der Waals surface area contributed by atoms with E-state index in [4.69, 9.17) is 0 Å². The Hall–Kier alpha value is -2.77. The van der Waals surface area contributed by atoms with Crippen molar-refractivity contribution in [3.05, 3.63) is 0 Å². The molecule has 0 fully saturated rings. The Kier molecular flexibility index (Phi) is 22.4. The zero-order chi connectivity index (χ0) is 30.2. The van der Waals surface area contributed by atoms with Gasteiger partial charge in [0.25, 0.3) is 0 Å². The average molecular weight is 571 g/mol. The Balaban J connectivity index is 5.20. The van der Waals surface area contributed by atoms with E-state index in [-0.39, 0.29) is 29.5 Å². The van der Waals surface area contributed by atoms with E-state index in [0.29, 0.717) is 77.9 Å². The van der Waals surface area contributed by atoms with Gasteiger partial charge >= 0.3 is 0 Å². The Labute approximate surface area is 240 Å². The van der Waals surface area contributed by atoms with Crippen LogP contribution >= 0.6 is 0 Å². The molecule has 0 bridgehead atoms. The number of rotatable bonds is 24. The average Bonchev–Trinajstić information content (AvgIpc) is 2.97. The summed E-state index contributed by atoms with van der Waals surface area (Å²) in [6.07, 6.45) is 4.64. The molecule has 0 rings (SSSR count). The third kappa shape index (κ3) is 20.2. The van der Waals surface area contributed by atoms with Crippen LogP contribution in [0.5, 0.6) is 0 Å². The van der Waals surface area contributed by atoms with Gasteiger partial charge in [0.05, 0.1) is 0 Å². The first kappa shape index (κ1) is 37.2. The number of amides is 5. The molecule has 232 valence electrons. The second-order valence-electron chi connectivity index (χ2n) is 9.70. The highest BCUT2D eigenvalue weighted by Gasteiger charge is 2.15. The molecule has 0 aromatic rings. The van der Waals surface area contributed by atoms with Crippen molar-refractivity contribution in [1.82, 2.24) is 41.3 Å². The first-order chi connectivity index (χ1) is 19.2. The Bertz CT molecular complexity index is 732. The SMILES string of the molecule is CNC(=O)CCCCCN(CCC(=O)NC)CCN(CCC(=O)NC)CCN(CCC(=O)NC)CCC(=O)NC. The topological polar surface area (TPSA) is 155 Å². The van der Waals surface area contributed by atoms with Crippen LogP contribution < -0.4 is 26.6 Å². The fourth-order valence-corrected chi connectivity index (χ4v) is 4.03. The molecule has 5 N–H and O–H groups in total. The first-order valence-electron chi connectivity index (χ1n) is 14.4. The molecule has 5 amide bonds. The lowest BCUT2D eigenvalue weighted by atomic mass is 10.1. The van der Waals surface area contributed by atoms with Crippen LogP contribution in [-0.4, -0.2) is 138 Å². The smallest absolute Gasteiger partial charge is 0.221 e. The van der Waals surface area contributed by atoms with E-state index in [2.05, 4.69) is 41.3 Å². The largest absolute Gasteiger partial charge is 0.359 e. The van der Waals surface area contributed by atoms with Crippen molar-refractivity contribution in [2.24, 2.45) is 0 Å². The molecule has 0 saturated carbocycles. The van der Waals surface area contributed by atoms with Crippen LogP contribution in [0.2, 0.25) is 0 Å². The molecule has 0 saturated heterocycles. The van der Waals surface area contributed by atoms with Crippen molar-refractivity contribution in [3.63, 3.8) is 0 Å². The van der Waals surface area contributed by atoms with E-state index < -0.39 is 0 Å². The highest BCUT2D eigenvalue weighted by atomic mass is 16.2. The number of hydrogen-bond donors (Lipinski definition) is 5. The van der Waals surface area contributed by atoms with E-state index in [9.17, 15) is 24.0 Å². The summed E-state index contributed by atoms with van der Waals surface area (Å²) in [5.41, 5.74) is 0. The van der Waals surface area contributed by atoms with Crippen molar-refractivity contribution in [1.29, 1.82) is 0 Å². The summed E-state index contributed by atoms with van der Waals surface area (Å²) in [5, 5.41) is 13.3. The van der Waals surface area contributed by atoms with E-state index in [0.717, 1.165) is 32.4 Å². The fraction of sp³-hybridized carbons (Fsp3) is 0.815. The van der Waals surface area contributed by atoms with Gasteiger partial charge in [0.2, 0.25) is 29.5 Å². The lowest BCUT2D eigenvalue weighted by Crippen LogP contribution is -2.43. The summed E-state index contributed by atoms with van der Waals surface area (Å²) >= 11 is 0. The molecule has 13 heteroatoms. The van der Waals surface area contributed by atoms with Crippen LogP contribution in [0.4, 0.5) is 0 Å². The van der Waals surface area contributed by atoms with Gasteiger partial charge in [-0.3, -0.25) is 24.0 Å². The summed E-state index contributed by atoms with van der Waals surface area (Å²) in [6, 6.07) is 0. The maximum atomic E-state index is 12.0. The van der Waals surface area contributed by atoms with E-state index in [1.807, 2.05) is 0 Å². The predicted octanol–water partition coefficient (Wildman–Crippen LogP) is -1.26. The number of nitrogens with zero attached hydrogens (tertiary/aromatic N) is 3. The Morgan fingerprint density at radius 3 is 0.950 bits per heavy atom. The minimum absolute atomic E-state index is 0.0102. The van der Waals surface area contributed by atoms with Gasteiger partial charge < -0.3 is 41.3 Å². The first-order valence-corrected chi connectivity index (χ1v) is 14.4. The summed E-state index contributed by atoms with van der Waals surface area (Å²) < 4.78 is 0. The zero-order valence-electron chi connectivity index (χ0n) is 25.4. The van der Waals surface area contributed by atoms with Crippen LogP contribution in [0, 0.1) is 0 Å². The van der Waals surface area contributed by atoms with Crippen LogP contribution in [0.15, 0.2) is 0 Å². The maximum absolute atomic E-state index is 12.0. The van der Waals surface area contributed by atoms with E-state index in [1.54, 1.807) is 35.2 Å². The second kappa shape index (κ2) is 24.1. The molecule has 0 aromatic carbocycles. The van der Waals surface area contributed by atoms with Crippen LogP contribution in [0.25, 0.3) is 0 Å². The minimum atomic E-state index is -0.0523. The van der Waals surface area contributed by atoms with Gasteiger partial charge in [-0.15, -0.1) is 0 Å². The fourth-order valence-electron chi connectivity index (χ4n) is 4.03. The molecule has 40 heavy (non-hydrogen) atoms. The van der Waals surface area contributed by atoms with E-state index >= 15 is 0 Å². The number of carbonyl (C=O) groups excluding carboxylic acids is 5. The monoisotopic (exact) mass is 570 g/mol. The third-order valence-corrected chi connectivity index (χ3v) is 6.86. The number of unbranched alkanes of at least 4 members (excludes halogenated alkanes) is 2. The Morgan fingerprint density at radius 1 is 0.350 bits per heavy atom. The molecule has 0 heterocycles. The number of carbonyl (C=O) groups is 5. The minimum Gasteiger partial charge on any atom is -0.359 e. The molecular formula is C27H54N8O5. The van der Waals surface area contributed by atoms with Crippen LogP contribution in [-0.2, 0) is 24.0 Å². The maximum Gasteiger partial charge on any atom is 0.221 e. The standard InChI is InChI=1S/C27H54N8O5/c1-28-23(36)9-7-6-8-14-33(15-10-24(37)29-2)19-21-35(18-13-27(40)32-5)22-20-34(16-11-25(38)30-3)17-12-26(39)31-4/h6-22H2,1-5H3,(H,28,36)(H,29,37)(H,30,38)(H,31,39)(H,32,40). The van der Waals surface area contributed by atoms with Crippen molar-refractivity contribution < 1.29 is 24.0 Å². The van der Waals surface area contributed by atoms with Crippen LogP contribution in [0.3, 0.4) is 0 Å². The van der Waals surface area contributed by atoms with Gasteiger partial charge in [-0.05, 0) is 19.4 Å². The third-order valence-electron chi connectivity index (χ3n) is 6.86. The number of nitrogens with one attached hydrogen (secondary N) is 5. The van der Waals surface area contributed by atoms with Gasteiger partial charge in [0, 0.05) is 120 Å². The summed E-state index contributed by atoms with van der Waals surface area (Å²) in [4.78, 5) is 65.6. The summed E-state index contributed by atoms with van der Waals surface area (Å²) in [5.74, 6) is -0.104. The molecule has 0 unspecified atom stereocenters. The van der Waals surface area contributed by atoms with Gasteiger partial charge in [0.15, 0.2) is 0 Å². The molecule has 0 aliphatic carbocycles. The van der Waals surface area contributed by atoms with Crippen molar-refractivity contribution >= 4 is 29.5 Å². The Morgan fingerprint density at radius 2 is 0.625 bits per heavy atom. The van der Waals surface area contributed by atoms with Crippen LogP contribution in [0.1, 0.15) is 51.4 Å². The highest BCUT2D eigenvalue weighted by Crippen LogP contribution is 2.05. The summed E-state index contributed by atoms with van der Waals surface area (Å²) in [7, 11) is 8.11. The van der Waals surface area contributed by atoms with E-state index in [1.165, 1.54) is 0 Å². The molecule has 0 radical (unpaired) electrons. The van der Waals surface area contributed by atoms with Gasteiger partial charge in [0.1, 0.15) is 0 Å². The van der Waals surface area contributed by atoms with Crippen molar-refractivity contribution in [2.45, 2.75) is 51.4 Å². The number of hydrogen-bond acceptors (Lipinski definition) is 8. The molecule has 0 spiro atoms. The zero-order valence-corrected chi connectivity index (χ0v) is 25.4. The molecule has 0 aliphatic rings. The molecule has 0 aliphatic heterocycles. The highest BCUT2D eigenvalue weighted by molar-refractivity contribution is 5.77. The van der Waals surface area contributed by atoms with Gasteiger partial charge in [-0.25, -0.2) is 0 Å². The lowest BCUT2D eigenvalue weighted by Gasteiger charge is -2.30. The molecular weight excluding hydrogens is 516 g/mol. The summed E-state index contributed by atoms with van der Waals surface area (Å²) in [6.45, 7) is 5.86. The van der Waals surface area contributed by atoms with Crippen molar-refractivity contribution in [2.75, 3.05) is 94.1 Å². The van der Waals surface area contributed by atoms with Crippen molar-refractivity contribution in [3.8, 4) is 0 Å². The second-order valence-corrected chi connectivity index (χ2v) is 9.70. The molecule has 0 atom stereocenters.